The molecule has 0 bridgehead atoms. The van der Waals surface area contributed by atoms with Gasteiger partial charge in [-0.15, -0.1) is 0 Å². The standard InChI is InChI=1S/C24H20NO5.ClH/c1-26-23-11-17(20-4-3-7-28-20)16-9-19-15-10-22-21(29-13-30-22)8-14(15)5-6-25(19)12-18(16)24(23)27-2;/h3-4,7-12H,5-6,13H2,1-2H3;1H/q+1;/p-1. The molecule has 0 spiro atoms. The Kier molecular flexibility index (Phi) is 4.67. The molecule has 2 aliphatic heterocycles. The van der Waals surface area contributed by atoms with Gasteiger partial charge in [-0.25, -0.2) is 0 Å². The quantitative estimate of drug-likeness (QED) is 0.453. The number of methoxy groups -OCH3 is 2. The van der Waals surface area contributed by atoms with Crippen molar-refractivity contribution in [3.05, 3.63) is 54.4 Å². The van der Waals surface area contributed by atoms with Crippen LogP contribution in [0.1, 0.15) is 5.56 Å². The van der Waals surface area contributed by atoms with E-state index < -0.39 is 0 Å². The fourth-order valence-electron chi connectivity index (χ4n) is 4.49. The average Bonchev–Trinajstić information content (AvgIpc) is 3.47. The molecule has 0 saturated heterocycles. The molecule has 2 aromatic heterocycles. The Bertz CT molecular complexity index is 1300. The van der Waals surface area contributed by atoms with Gasteiger partial charge in [-0.2, -0.15) is 4.57 Å². The first-order valence-corrected chi connectivity index (χ1v) is 9.86. The number of aromatic nitrogens is 1. The number of fused-ring (bicyclic) bond motifs is 5. The van der Waals surface area contributed by atoms with Gasteiger partial charge in [0.1, 0.15) is 5.76 Å². The topological polar surface area (TPSA) is 53.9 Å². The summed E-state index contributed by atoms with van der Waals surface area (Å²) in [6, 6.07) is 12.2. The van der Waals surface area contributed by atoms with Gasteiger partial charge in [0.05, 0.1) is 31.4 Å². The Balaban J connectivity index is 0.00000204. The molecule has 7 heteroatoms. The van der Waals surface area contributed by atoms with Crippen LogP contribution < -0.4 is 35.9 Å². The van der Waals surface area contributed by atoms with Crippen molar-refractivity contribution in [2.24, 2.45) is 0 Å². The molecule has 6 nitrogen and oxygen atoms in total. The molecule has 4 aromatic rings. The van der Waals surface area contributed by atoms with Crippen LogP contribution in [-0.2, 0) is 13.0 Å². The highest BCUT2D eigenvalue weighted by molar-refractivity contribution is 6.01. The van der Waals surface area contributed by atoms with Crippen molar-refractivity contribution >= 4 is 10.8 Å². The lowest BCUT2D eigenvalue weighted by Gasteiger charge is -2.18. The van der Waals surface area contributed by atoms with Gasteiger partial charge in [0.15, 0.2) is 35.7 Å². The number of nitrogens with zero attached hydrogens (tertiary/aromatic N) is 1. The highest BCUT2D eigenvalue weighted by atomic mass is 35.5. The Morgan fingerprint density at radius 3 is 2.52 bits per heavy atom. The van der Waals surface area contributed by atoms with Gasteiger partial charge in [0.2, 0.25) is 12.5 Å². The number of halogens is 1. The van der Waals surface area contributed by atoms with Crippen molar-refractivity contribution in [2.75, 3.05) is 21.0 Å². The highest BCUT2D eigenvalue weighted by Crippen LogP contribution is 2.44. The number of hydrogen-bond donors (Lipinski definition) is 0. The number of hydrogen-bond acceptors (Lipinski definition) is 5. The molecule has 4 heterocycles. The normalized spacial score (nSPS) is 13.4. The molecule has 0 unspecified atom stereocenters. The summed E-state index contributed by atoms with van der Waals surface area (Å²) >= 11 is 0. The number of benzene rings is 2. The fourth-order valence-corrected chi connectivity index (χ4v) is 4.49. The van der Waals surface area contributed by atoms with Crippen molar-refractivity contribution in [3.63, 3.8) is 0 Å². The van der Waals surface area contributed by atoms with Crippen LogP contribution in [0, 0.1) is 0 Å². The van der Waals surface area contributed by atoms with E-state index in [-0.39, 0.29) is 19.2 Å². The van der Waals surface area contributed by atoms with Crippen LogP contribution in [0.15, 0.2) is 53.3 Å². The van der Waals surface area contributed by atoms with Gasteiger partial charge in [-0.1, -0.05) is 0 Å². The zero-order valence-electron chi connectivity index (χ0n) is 17.1. The number of aryl methyl sites for hydroxylation is 2. The van der Waals surface area contributed by atoms with Crippen molar-refractivity contribution in [2.45, 2.75) is 13.0 Å². The maximum Gasteiger partial charge on any atom is 0.231 e. The lowest BCUT2D eigenvalue weighted by Crippen LogP contribution is -3.00. The van der Waals surface area contributed by atoms with E-state index in [4.69, 9.17) is 23.4 Å². The van der Waals surface area contributed by atoms with Crippen molar-refractivity contribution in [1.82, 2.24) is 0 Å². The Morgan fingerprint density at radius 1 is 0.935 bits per heavy atom. The number of furan rings is 1. The van der Waals surface area contributed by atoms with E-state index in [1.165, 1.54) is 5.56 Å². The van der Waals surface area contributed by atoms with Gasteiger partial charge in [-0.3, -0.25) is 0 Å². The van der Waals surface area contributed by atoms with E-state index >= 15 is 0 Å². The summed E-state index contributed by atoms with van der Waals surface area (Å²) < 4.78 is 30.6. The summed E-state index contributed by atoms with van der Waals surface area (Å²) in [6.07, 6.45) is 4.75. The number of rotatable bonds is 3. The summed E-state index contributed by atoms with van der Waals surface area (Å²) in [7, 11) is 3.32. The summed E-state index contributed by atoms with van der Waals surface area (Å²) in [4.78, 5) is 0. The molecule has 0 saturated carbocycles. The second kappa shape index (κ2) is 7.39. The minimum Gasteiger partial charge on any atom is -1.00 e. The Hall–Kier alpha value is -3.38. The zero-order valence-corrected chi connectivity index (χ0v) is 17.9. The largest absolute Gasteiger partial charge is 1.00 e. The molecule has 2 aliphatic rings. The van der Waals surface area contributed by atoms with Crippen LogP contribution in [0.4, 0.5) is 0 Å². The van der Waals surface area contributed by atoms with E-state index in [9.17, 15) is 0 Å². The van der Waals surface area contributed by atoms with E-state index in [2.05, 4.69) is 29.0 Å². The molecule has 0 N–H and O–H groups in total. The summed E-state index contributed by atoms with van der Waals surface area (Å²) in [6.45, 7) is 1.14. The highest BCUT2D eigenvalue weighted by Gasteiger charge is 2.29. The molecule has 0 amide bonds. The number of ether oxygens (including phenoxy) is 4. The molecule has 2 aromatic carbocycles. The van der Waals surface area contributed by atoms with E-state index in [0.29, 0.717) is 5.75 Å². The van der Waals surface area contributed by atoms with E-state index in [1.54, 1.807) is 20.5 Å². The van der Waals surface area contributed by atoms with Gasteiger partial charge in [0, 0.05) is 23.4 Å². The molecular formula is C24H20ClNO5. The second-order valence-electron chi connectivity index (χ2n) is 7.43. The van der Waals surface area contributed by atoms with E-state index in [0.717, 1.165) is 63.6 Å². The maximum atomic E-state index is 5.74. The zero-order chi connectivity index (χ0) is 20.2. The molecule has 31 heavy (non-hydrogen) atoms. The first kappa shape index (κ1) is 19.6. The third-order valence-electron chi connectivity index (χ3n) is 5.91. The minimum atomic E-state index is 0. The molecule has 0 atom stereocenters. The summed E-state index contributed by atoms with van der Waals surface area (Å²) in [5.74, 6) is 3.80. The average molecular weight is 438 g/mol. The predicted molar refractivity (Wildman–Crippen MR) is 110 cm³/mol. The van der Waals surface area contributed by atoms with Crippen LogP contribution in [0.2, 0.25) is 0 Å². The first-order valence-electron chi connectivity index (χ1n) is 9.86. The van der Waals surface area contributed by atoms with Crippen molar-refractivity contribution < 1.29 is 40.3 Å². The Morgan fingerprint density at radius 2 is 1.77 bits per heavy atom. The molecule has 6 rings (SSSR count). The fraction of sp³-hybridized carbons (Fsp3) is 0.208. The maximum absolute atomic E-state index is 5.74. The molecule has 0 fully saturated rings. The lowest BCUT2D eigenvalue weighted by molar-refractivity contribution is -0.686. The molecular weight excluding hydrogens is 418 g/mol. The second-order valence-corrected chi connectivity index (χ2v) is 7.43. The first-order chi connectivity index (χ1) is 14.8. The number of pyridine rings is 1. The van der Waals surface area contributed by atoms with Crippen molar-refractivity contribution in [3.8, 4) is 45.6 Å². The van der Waals surface area contributed by atoms with Crippen LogP contribution >= 0.6 is 0 Å². The lowest BCUT2D eigenvalue weighted by atomic mass is 9.93. The third kappa shape index (κ3) is 2.90. The van der Waals surface area contributed by atoms with Crippen LogP contribution in [0.3, 0.4) is 0 Å². The van der Waals surface area contributed by atoms with Gasteiger partial charge in [0.25, 0.3) is 0 Å². The monoisotopic (exact) mass is 437 g/mol. The smallest absolute Gasteiger partial charge is 0.231 e. The van der Waals surface area contributed by atoms with E-state index in [1.807, 2.05) is 18.2 Å². The van der Waals surface area contributed by atoms with Crippen LogP contribution in [0.25, 0.3) is 33.4 Å². The van der Waals surface area contributed by atoms with Gasteiger partial charge < -0.3 is 35.8 Å². The van der Waals surface area contributed by atoms with Gasteiger partial charge in [-0.05, 0) is 35.9 Å². The predicted octanol–water partition coefficient (Wildman–Crippen LogP) is 1.36. The van der Waals surface area contributed by atoms with Gasteiger partial charge >= 0.3 is 0 Å². The molecule has 0 aliphatic carbocycles. The molecule has 158 valence electrons. The molecule has 0 radical (unpaired) electrons. The third-order valence-corrected chi connectivity index (χ3v) is 5.91. The Labute approximate surface area is 185 Å². The summed E-state index contributed by atoms with van der Waals surface area (Å²) in [5.41, 5.74) is 4.51. The minimum absolute atomic E-state index is 0. The summed E-state index contributed by atoms with van der Waals surface area (Å²) in [5, 5.41) is 2.02. The van der Waals surface area contributed by atoms with Crippen molar-refractivity contribution in [1.29, 1.82) is 0 Å². The van der Waals surface area contributed by atoms with Crippen LogP contribution in [0.5, 0.6) is 23.0 Å². The SMILES string of the molecule is COc1cc(-c2ccco2)c2cc3[n+](cc2c1OC)CCc1cc2c(cc1-3)OCO2.[Cl-]. The van der Waals surface area contributed by atoms with Crippen LogP contribution in [-0.4, -0.2) is 21.0 Å².